The minimum absolute atomic E-state index is 0.0256. The first kappa shape index (κ1) is 23.2. The fourth-order valence-electron chi connectivity index (χ4n) is 3.12. The summed E-state index contributed by atoms with van der Waals surface area (Å²) in [4.78, 5) is 31.0. The molecule has 35 heavy (non-hydrogen) atoms. The predicted octanol–water partition coefficient (Wildman–Crippen LogP) is 1.45. The molecule has 11 nitrogen and oxygen atoms in total. The van der Waals surface area contributed by atoms with Crippen LogP contribution in [0.3, 0.4) is 0 Å². The number of primary amides is 1. The summed E-state index contributed by atoms with van der Waals surface area (Å²) >= 11 is 0. The Morgan fingerprint density at radius 2 is 2.03 bits per heavy atom. The third-order valence-electron chi connectivity index (χ3n) is 4.79. The minimum atomic E-state index is -0.878. The first-order valence-corrected chi connectivity index (χ1v) is 10.1. The van der Waals surface area contributed by atoms with Crippen molar-refractivity contribution in [3.63, 3.8) is 0 Å². The first-order chi connectivity index (χ1) is 16.8. The van der Waals surface area contributed by atoms with Gasteiger partial charge in [0.15, 0.2) is 17.5 Å². The summed E-state index contributed by atoms with van der Waals surface area (Å²) in [5.41, 5.74) is 5.29. The van der Waals surface area contributed by atoms with Gasteiger partial charge in [-0.15, -0.1) is 0 Å². The number of nitrogens with one attached hydrogen (secondary N) is 3. The van der Waals surface area contributed by atoms with Crippen LogP contribution in [0.5, 0.6) is 0 Å². The van der Waals surface area contributed by atoms with Gasteiger partial charge in [0.25, 0.3) is 5.56 Å². The lowest BCUT2D eigenvalue weighted by molar-refractivity contribution is -0.117. The molecule has 0 saturated heterocycles. The lowest BCUT2D eigenvalue weighted by Gasteiger charge is -2.10. The van der Waals surface area contributed by atoms with Crippen molar-refractivity contribution in [2.75, 3.05) is 0 Å². The molecule has 3 heterocycles. The molecular formula is C22H18F2N8O3. The average molecular weight is 480 g/mol. The second kappa shape index (κ2) is 9.91. The maximum atomic E-state index is 14.4. The number of hydrogen-bond donors (Lipinski definition) is 4. The number of amides is 1. The molecule has 0 radical (unpaired) electrons. The molecule has 5 N–H and O–H groups in total. The van der Waals surface area contributed by atoms with E-state index < -0.39 is 23.1 Å². The fourth-order valence-corrected chi connectivity index (χ4v) is 3.12. The summed E-state index contributed by atoms with van der Waals surface area (Å²) in [6.45, 7) is 0.0847. The fraction of sp³-hybridized carbons (Fsp3) is 0.0909. The lowest BCUT2D eigenvalue weighted by atomic mass is 10.2. The number of allylic oxidation sites excluding steroid dienone is 1. The Morgan fingerprint density at radius 1 is 1.23 bits per heavy atom. The average Bonchev–Trinajstić information content (AvgIpc) is 3.48. The van der Waals surface area contributed by atoms with Crippen LogP contribution in [0.15, 0.2) is 64.4 Å². The highest BCUT2D eigenvalue weighted by molar-refractivity contribution is 6.07. The number of nitrogens with two attached hydrogens (primary N) is 1. The second-order valence-electron chi connectivity index (χ2n) is 7.27. The number of H-pyrrole nitrogens is 1. The molecule has 0 atom stereocenters. The van der Waals surface area contributed by atoms with E-state index in [0.29, 0.717) is 17.0 Å². The first-order valence-electron chi connectivity index (χ1n) is 10.1. The molecule has 0 saturated carbocycles. The number of hydrogen-bond acceptors (Lipinski definition) is 8. The number of halogens is 2. The van der Waals surface area contributed by atoms with Crippen LogP contribution < -0.4 is 16.6 Å². The van der Waals surface area contributed by atoms with E-state index in [1.807, 2.05) is 0 Å². The van der Waals surface area contributed by atoms with E-state index in [1.54, 1.807) is 18.2 Å². The van der Waals surface area contributed by atoms with Crippen LogP contribution in [0.4, 0.5) is 8.78 Å². The predicted molar refractivity (Wildman–Crippen MR) is 119 cm³/mol. The summed E-state index contributed by atoms with van der Waals surface area (Å²) in [6, 6.07) is 7.73. The number of carbonyl (C=O) groups excluding carboxylic acids is 1. The topological polar surface area (TPSA) is 169 Å². The van der Waals surface area contributed by atoms with E-state index in [0.717, 1.165) is 10.9 Å². The summed E-state index contributed by atoms with van der Waals surface area (Å²) in [7, 11) is 0. The summed E-state index contributed by atoms with van der Waals surface area (Å²) in [6.07, 6.45) is 4.35. The van der Waals surface area contributed by atoms with Gasteiger partial charge in [0.05, 0.1) is 18.3 Å². The minimum Gasteiger partial charge on any atom is -0.379 e. The second-order valence-corrected chi connectivity index (χ2v) is 7.27. The van der Waals surface area contributed by atoms with Crippen LogP contribution in [0.25, 0.3) is 11.5 Å². The number of nitrogens with zero attached hydrogens (tertiary/aromatic N) is 4. The Morgan fingerprint density at radius 3 is 2.74 bits per heavy atom. The molecule has 1 amide bonds. The molecule has 3 aromatic heterocycles. The summed E-state index contributed by atoms with van der Waals surface area (Å²) in [5.74, 6) is -2.54. The Balaban J connectivity index is 1.64. The van der Waals surface area contributed by atoms with Gasteiger partial charge >= 0.3 is 0 Å². The van der Waals surface area contributed by atoms with Crippen LogP contribution in [0, 0.1) is 17.0 Å². The maximum absolute atomic E-state index is 14.4. The molecule has 0 bridgehead atoms. The number of aromatic nitrogens is 5. The van der Waals surface area contributed by atoms with Crippen LogP contribution in [-0.4, -0.2) is 36.5 Å². The molecule has 178 valence electrons. The standard InChI is InChI=1S/C22H18F2N8O3/c23-14-4-2-1-3-12(14)9-27-18(17-5-6-35-31-17)8-16(25)20-28-10-15(24)21(29-20)32-11-13(7-19(26)33)22(34)30-32/h1-6,8,10-11,25,27H,7,9H2,(H2,26,33)(H,30,34)/b18-8-,25-16?. The Kier molecular flexibility index (Phi) is 6.57. The van der Waals surface area contributed by atoms with Gasteiger partial charge in [-0.25, -0.2) is 23.4 Å². The van der Waals surface area contributed by atoms with Gasteiger partial charge in [-0.05, 0) is 12.1 Å². The van der Waals surface area contributed by atoms with Gasteiger partial charge in [0.2, 0.25) is 5.91 Å². The smallest absolute Gasteiger partial charge is 0.268 e. The molecule has 0 aliphatic heterocycles. The van der Waals surface area contributed by atoms with Crippen LogP contribution in [-0.2, 0) is 17.8 Å². The van der Waals surface area contributed by atoms with Gasteiger partial charge in [-0.2, -0.15) is 0 Å². The third-order valence-corrected chi connectivity index (χ3v) is 4.79. The monoisotopic (exact) mass is 480 g/mol. The van der Waals surface area contributed by atoms with E-state index in [1.165, 1.54) is 30.7 Å². The number of carbonyl (C=O) groups is 1. The van der Waals surface area contributed by atoms with E-state index in [2.05, 4.69) is 25.5 Å². The van der Waals surface area contributed by atoms with Crippen molar-refractivity contribution < 1.29 is 18.1 Å². The molecule has 1 aromatic carbocycles. The molecule has 4 aromatic rings. The third kappa shape index (κ3) is 5.35. The summed E-state index contributed by atoms with van der Waals surface area (Å²) < 4.78 is 34.3. The SMILES string of the molecule is N=C(/C=C(\NCc1ccccc1F)c1ccon1)c1ncc(F)c(-n2cc(CC(N)=O)c(=O)[nH]2)n1. The van der Waals surface area contributed by atoms with Crippen molar-refractivity contribution in [2.24, 2.45) is 5.73 Å². The van der Waals surface area contributed by atoms with Crippen molar-refractivity contribution >= 4 is 17.3 Å². The van der Waals surface area contributed by atoms with E-state index >= 15 is 0 Å². The zero-order valence-electron chi connectivity index (χ0n) is 18.0. The molecule has 0 unspecified atom stereocenters. The molecule has 0 spiro atoms. The van der Waals surface area contributed by atoms with E-state index in [-0.39, 0.29) is 35.9 Å². The quantitative estimate of drug-likeness (QED) is 0.263. The summed E-state index contributed by atoms with van der Waals surface area (Å²) in [5, 5.41) is 17.6. The van der Waals surface area contributed by atoms with Crippen molar-refractivity contribution in [2.45, 2.75) is 13.0 Å². The van der Waals surface area contributed by atoms with Gasteiger partial charge in [0, 0.05) is 29.9 Å². The molecule has 0 aliphatic carbocycles. The number of benzene rings is 1. The van der Waals surface area contributed by atoms with E-state index in [9.17, 15) is 18.4 Å². The Labute approximate surface area is 195 Å². The normalized spacial score (nSPS) is 11.4. The van der Waals surface area contributed by atoms with Crippen LogP contribution >= 0.6 is 0 Å². The number of aromatic amines is 1. The highest BCUT2D eigenvalue weighted by Gasteiger charge is 2.16. The van der Waals surface area contributed by atoms with Crippen molar-refractivity contribution in [3.8, 4) is 5.82 Å². The highest BCUT2D eigenvalue weighted by Crippen LogP contribution is 2.15. The van der Waals surface area contributed by atoms with Crippen molar-refractivity contribution in [1.82, 2.24) is 30.2 Å². The number of rotatable bonds is 9. The van der Waals surface area contributed by atoms with E-state index in [4.69, 9.17) is 15.7 Å². The lowest BCUT2D eigenvalue weighted by Crippen LogP contribution is -2.18. The largest absolute Gasteiger partial charge is 0.379 e. The van der Waals surface area contributed by atoms with Gasteiger partial charge in [0.1, 0.15) is 23.5 Å². The molecule has 13 heteroatoms. The highest BCUT2D eigenvalue weighted by atomic mass is 19.1. The van der Waals surface area contributed by atoms with Crippen LogP contribution in [0.2, 0.25) is 0 Å². The molecule has 0 aliphatic rings. The van der Waals surface area contributed by atoms with Crippen molar-refractivity contribution in [3.05, 3.63) is 99.7 Å². The molecular weight excluding hydrogens is 462 g/mol. The zero-order chi connectivity index (χ0) is 24.9. The van der Waals surface area contributed by atoms with Gasteiger partial charge in [-0.3, -0.25) is 20.1 Å². The zero-order valence-corrected chi connectivity index (χ0v) is 18.0. The van der Waals surface area contributed by atoms with Gasteiger partial charge < -0.3 is 15.6 Å². The van der Waals surface area contributed by atoms with Gasteiger partial charge in [-0.1, -0.05) is 23.4 Å². The van der Waals surface area contributed by atoms with Crippen LogP contribution in [0.1, 0.15) is 22.6 Å². The molecule has 0 fully saturated rings. The Bertz CT molecular complexity index is 1470. The molecule has 4 rings (SSSR count). The van der Waals surface area contributed by atoms with Crippen molar-refractivity contribution in [1.29, 1.82) is 5.41 Å². The maximum Gasteiger partial charge on any atom is 0.268 e. The Hall–Kier alpha value is -4.94.